The smallest absolute Gasteiger partial charge is 0.346 e. The van der Waals surface area contributed by atoms with E-state index in [2.05, 4.69) is 36.6 Å². The Kier molecular flexibility index (Phi) is 5.02. The van der Waals surface area contributed by atoms with Crippen LogP contribution in [0.5, 0.6) is 0 Å². The minimum absolute atomic E-state index is 0.378. The minimum atomic E-state index is -0.889. The Morgan fingerprint density at radius 3 is 2.53 bits per heavy atom. The van der Waals surface area contributed by atoms with Gasteiger partial charge in [0.25, 0.3) is 0 Å². The Labute approximate surface area is 190 Å². The van der Waals surface area contributed by atoms with Crippen molar-refractivity contribution < 1.29 is 9.90 Å². The van der Waals surface area contributed by atoms with Crippen molar-refractivity contribution in [2.75, 3.05) is 0 Å². The first-order chi connectivity index (χ1) is 15.5. The average Bonchev–Trinajstić information content (AvgIpc) is 3.33. The third kappa shape index (κ3) is 3.37. The second-order valence-electron chi connectivity index (χ2n) is 8.02. The van der Waals surface area contributed by atoms with Crippen LogP contribution < -0.4 is 0 Å². The highest BCUT2D eigenvalue weighted by Gasteiger charge is 2.19. The van der Waals surface area contributed by atoms with Gasteiger partial charge in [0.05, 0.1) is 6.54 Å². The molecule has 0 aliphatic rings. The van der Waals surface area contributed by atoms with Gasteiger partial charge in [-0.2, -0.15) is 0 Å². The zero-order valence-electron chi connectivity index (χ0n) is 18.2. The molecule has 5 nitrogen and oxygen atoms in total. The molecule has 5 rings (SSSR count). The number of hydrogen-bond donors (Lipinski definition) is 1. The number of benzene rings is 2. The number of pyridine rings is 1. The lowest BCUT2D eigenvalue weighted by molar-refractivity contribution is 0.0703. The Bertz CT molecular complexity index is 1480. The Balaban J connectivity index is 1.56. The molecule has 3 aromatic heterocycles. The Hall–Kier alpha value is -3.51. The van der Waals surface area contributed by atoms with Gasteiger partial charge in [-0.05, 0) is 42.7 Å². The molecule has 0 aliphatic heterocycles. The number of hydrogen-bond acceptors (Lipinski definition) is 4. The molecule has 0 saturated carbocycles. The Morgan fingerprint density at radius 2 is 1.81 bits per heavy atom. The van der Waals surface area contributed by atoms with E-state index in [1.54, 1.807) is 0 Å². The van der Waals surface area contributed by atoms with Gasteiger partial charge < -0.3 is 9.67 Å². The first kappa shape index (κ1) is 20.4. The van der Waals surface area contributed by atoms with Crippen LogP contribution in [0.2, 0.25) is 0 Å². The summed E-state index contributed by atoms with van der Waals surface area (Å²) in [4.78, 5) is 21.9. The fourth-order valence-electron chi connectivity index (χ4n) is 4.33. The molecule has 0 bridgehead atoms. The van der Waals surface area contributed by atoms with E-state index in [9.17, 15) is 9.90 Å². The molecule has 32 heavy (non-hydrogen) atoms. The summed E-state index contributed by atoms with van der Waals surface area (Å²) in [5.41, 5.74) is 6.83. The molecule has 2 aromatic carbocycles. The van der Waals surface area contributed by atoms with Crippen LogP contribution in [0.1, 0.15) is 39.2 Å². The Morgan fingerprint density at radius 1 is 1.06 bits per heavy atom. The molecule has 0 amide bonds. The number of rotatable bonds is 5. The largest absolute Gasteiger partial charge is 0.477 e. The first-order valence-corrected chi connectivity index (χ1v) is 11.5. The predicted molar refractivity (Wildman–Crippen MR) is 130 cm³/mol. The highest BCUT2D eigenvalue weighted by Crippen LogP contribution is 2.39. The predicted octanol–water partition coefficient (Wildman–Crippen LogP) is 6.24. The number of carbonyl (C=O) groups is 1. The topological polar surface area (TPSA) is 68.0 Å². The SMILES string of the molecule is CCc1nc2c(C)cc(C)nc2n1Cc1ccc(-c2c(C(=O)O)sc3ccccc23)cc1. The second kappa shape index (κ2) is 7.88. The number of fused-ring (bicyclic) bond motifs is 2. The summed E-state index contributed by atoms with van der Waals surface area (Å²) in [5, 5.41) is 10.7. The van der Waals surface area contributed by atoms with Crippen molar-refractivity contribution in [3.8, 4) is 11.1 Å². The second-order valence-corrected chi connectivity index (χ2v) is 9.08. The number of aryl methyl sites for hydroxylation is 3. The lowest BCUT2D eigenvalue weighted by atomic mass is 10.0. The van der Waals surface area contributed by atoms with E-state index < -0.39 is 5.97 Å². The van der Waals surface area contributed by atoms with Crippen LogP contribution in [0.3, 0.4) is 0 Å². The van der Waals surface area contributed by atoms with E-state index in [1.807, 2.05) is 43.3 Å². The lowest BCUT2D eigenvalue weighted by Crippen LogP contribution is -2.05. The van der Waals surface area contributed by atoms with Gasteiger partial charge in [0.15, 0.2) is 5.65 Å². The fraction of sp³-hybridized carbons (Fsp3) is 0.192. The molecule has 0 fully saturated rings. The number of carboxylic acids is 1. The summed E-state index contributed by atoms with van der Waals surface area (Å²) in [7, 11) is 0. The highest BCUT2D eigenvalue weighted by molar-refractivity contribution is 7.21. The summed E-state index contributed by atoms with van der Waals surface area (Å²) in [6.07, 6.45) is 0.829. The summed E-state index contributed by atoms with van der Waals surface area (Å²) in [5.74, 6) is 0.127. The van der Waals surface area contributed by atoms with E-state index in [-0.39, 0.29) is 0 Å². The molecule has 160 valence electrons. The molecule has 0 spiro atoms. The van der Waals surface area contributed by atoms with Gasteiger partial charge >= 0.3 is 5.97 Å². The summed E-state index contributed by atoms with van der Waals surface area (Å²) in [6, 6.07) is 18.1. The van der Waals surface area contributed by atoms with Gasteiger partial charge in [-0.25, -0.2) is 14.8 Å². The fourth-order valence-corrected chi connectivity index (χ4v) is 5.39. The van der Waals surface area contributed by atoms with Crippen LogP contribution in [0.4, 0.5) is 0 Å². The summed E-state index contributed by atoms with van der Waals surface area (Å²) in [6.45, 7) is 6.87. The van der Waals surface area contributed by atoms with Gasteiger partial charge in [-0.3, -0.25) is 0 Å². The van der Waals surface area contributed by atoms with Gasteiger partial charge in [0.2, 0.25) is 0 Å². The maximum atomic E-state index is 11.9. The van der Waals surface area contributed by atoms with Crippen molar-refractivity contribution in [2.24, 2.45) is 0 Å². The zero-order valence-corrected chi connectivity index (χ0v) is 19.0. The van der Waals surface area contributed by atoms with E-state index >= 15 is 0 Å². The minimum Gasteiger partial charge on any atom is -0.477 e. The van der Waals surface area contributed by atoms with E-state index in [4.69, 9.17) is 9.97 Å². The van der Waals surface area contributed by atoms with Gasteiger partial charge in [0, 0.05) is 27.8 Å². The number of thiophene rings is 1. The van der Waals surface area contributed by atoms with Gasteiger partial charge in [-0.15, -0.1) is 11.3 Å². The van der Waals surface area contributed by atoms with Crippen molar-refractivity contribution in [1.29, 1.82) is 0 Å². The van der Waals surface area contributed by atoms with Crippen molar-refractivity contribution in [1.82, 2.24) is 14.5 Å². The van der Waals surface area contributed by atoms with Crippen molar-refractivity contribution in [3.05, 3.63) is 82.1 Å². The average molecular weight is 442 g/mol. The molecular weight excluding hydrogens is 418 g/mol. The van der Waals surface area contributed by atoms with Crippen LogP contribution in [0.25, 0.3) is 32.4 Å². The van der Waals surface area contributed by atoms with E-state index in [0.717, 1.165) is 61.4 Å². The number of aromatic carboxylic acids is 1. The maximum absolute atomic E-state index is 11.9. The third-order valence-corrected chi connectivity index (χ3v) is 6.95. The molecular formula is C26H23N3O2S. The number of carboxylic acid groups (broad SMARTS) is 1. The number of aromatic nitrogens is 3. The quantitative estimate of drug-likeness (QED) is 0.351. The van der Waals surface area contributed by atoms with Crippen molar-refractivity contribution in [2.45, 2.75) is 33.7 Å². The molecule has 3 heterocycles. The van der Waals surface area contributed by atoms with Crippen LogP contribution in [-0.2, 0) is 13.0 Å². The van der Waals surface area contributed by atoms with E-state index in [1.165, 1.54) is 11.3 Å². The van der Waals surface area contributed by atoms with Crippen LogP contribution in [0, 0.1) is 13.8 Å². The number of imidazole rings is 1. The molecule has 0 radical (unpaired) electrons. The lowest BCUT2D eigenvalue weighted by Gasteiger charge is -2.10. The molecule has 0 aliphatic carbocycles. The summed E-state index contributed by atoms with van der Waals surface area (Å²) >= 11 is 1.32. The first-order valence-electron chi connectivity index (χ1n) is 10.6. The maximum Gasteiger partial charge on any atom is 0.346 e. The standard InChI is InChI=1S/C26H23N3O2S/c1-4-21-28-23-15(2)13-16(3)27-25(23)29(21)14-17-9-11-18(12-10-17)22-19-7-5-6-8-20(19)32-24(22)26(30)31/h5-13H,4,14H2,1-3H3,(H,30,31). The van der Waals surface area contributed by atoms with Crippen molar-refractivity contribution >= 4 is 38.6 Å². The molecule has 0 saturated heterocycles. The molecule has 0 atom stereocenters. The zero-order chi connectivity index (χ0) is 22.4. The number of nitrogens with zero attached hydrogens (tertiary/aromatic N) is 3. The van der Waals surface area contributed by atoms with Crippen LogP contribution >= 0.6 is 11.3 Å². The van der Waals surface area contributed by atoms with E-state index in [0.29, 0.717) is 11.4 Å². The highest BCUT2D eigenvalue weighted by atomic mass is 32.1. The van der Waals surface area contributed by atoms with Crippen molar-refractivity contribution in [3.63, 3.8) is 0 Å². The van der Waals surface area contributed by atoms with Crippen LogP contribution in [0.15, 0.2) is 54.6 Å². The molecule has 5 aromatic rings. The third-order valence-electron chi connectivity index (χ3n) is 5.79. The molecule has 1 N–H and O–H groups in total. The van der Waals surface area contributed by atoms with Crippen LogP contribution in [-0.4, -0.2) is 25.6 Å². The molecule has 6 heteroatoms. The normalized spacial score (nSPS) is 11.5. The van der Waals surface area contributed by atoms with Gasteiger partial charge in [-0.1, -0.05) is 49.4 Å². The van der Waals surface area contributed by atoms with Gasteiger partial charge in [0.1, 0.15) is 16.2 Å². The molecule has 0 unspecified atom stereocenters. The summed E-state index contributed by atoms with van der Waals surface area (Å²) < 4.78 is 3.17. The monoisotopic (exact) mass is 441 g/mol.